The number of rotatable bonds is 5. The van der Waals surface area contributed by atoms with Crippen molar-refractivity contribution < 1.29 is 18.0 Å². The topological polar surface area (TPSA) is 41.1 Å². The molecule has 1 aromatic carbocycles. The highest BCUT2D eigenvalue weighted by Crippen LogP contribution is 2.37. The van der Waals surface area contributed by atoms with Gasteiger partial charge in [-0.25, -0.2) is 4.79 Å². The van der Waals surface area contributed by atoms with E-state index in [1.165, 1.54) is 24.3 Å². The molecule has 0 fully saturated rings. The highest BCUT2D eigenvalue weighted by molar-refractivity contribution is 8.00. The van der Waals surface area contributed by atoms with E-state index in [-0.39, 0.29) is 27.4 Å². The SMILES string of the molecule is CC(C)(C)SCCNC(=O)Nc1ccc(SC(F)(F)F)cc1. The highest BCUT2D eigenvalue weighted by Gasteiger charge is 2.29. The monoisotopic (exact) mass is 352 g/mol. The fraction of sp³-hybridized carbons (Fsp3) is 0.500. The van der Waals surface area contributed by atoms with Crippen LogP contribution in [0.1, 0.15) is 20.8 Å². The number of nitrogens with one attached hydrogen (secondary N) is 2. The van der Waals surface area contributed by atoms with Crippen molar-refractivity contribution in [1.29, 1.82) is 0 Å². The average Bonchev–Trinajstić information content (AvgIpc) is 2.34. The molecule has 3 nitrogen and oxygen atoms in total. The normalized spacial score (nSPS) is 12.1. The lowest BCUT2D eigenvalue weighted by Crippen LogP contribution is -2.31. The quantitative estimate of drug-likeness (QED) is 0.582. The number of anilines is 1. The van der Waals surface area contributed by atoms with E-state index in [4.69, 9.17) is 0 Å². The zero-order valence-corrected chi connectivity index (χ0v) is 14.2. The maximum Gasteiger partial charge on any atom is 0.446 e. The molecular formula is C14H19F3N2OS2. The molecule has 0 unspecified atom stereocenters. The van der Waals surface area contributed by atoms with Gasteiger partial charge in [-0.2, -0.15) is 24.9 Å². The summed E-state index contributed by atoms with van der Waals surface area (Å²) in [6.07, 6.45) is 0. The Morgan fingerprint density at radius 2 is 1.73 bits per heavy atom. The van der Waals surface area contributed by atoms with Crippen LogP contribution < -0.4 is 10.6 Å². The van der Waals surface area contributed by atoms with Crippen LogP contribution in [0.25, 0.3) is 0 Å². The minimum atomic E-state index is -4.31. The molecule has 0 aliphatic rings. The number of thioether (sulfide) groups is 2. The van der Waals surface area contributed by atoms with Crippen molar-refractivity contribution in [3.05, 3.63) is 24.3 Å². The van der Waals surface area contributed by atoms with Crippen molar-refractivity contribution in [2.75, 3.05) is 17.6 Å². The van der Waals surface area contributed by atoms with Gasteiger partial charge in [-0.05, 0) is 36.0 Å². The molecule has 1 aromatic rings. The lowest BCUT2D eigenvalue weighted by Gasteiger charge is -2.17. The minimum absolute atomic E-state index is 0.0834. The first-order chi connectivity index (χ1) is 10.1. The third-order valence-electron chi connectivity index (χ3n) is 2.27. The first-order valence-corrected chi connectivity index (χ1v) is 8.40. The molecule has 2 amide bonds. The van der Waals surface area contributed by atoms with Gasteiger partial charge in [0.2, 0.25) is 0 Å². The summed E-state index contributed by atoms with van der Waals surface area (Å²) in [6, 6.07) is 5.16. The number of halogens is 3. The van der Waals surface area contributed by atoms with Crippen molar-refractivity contribution >= 4 is 35.2 Å². The summed E-state index contributed by atoms with van der Waals surface area (Å²) < 4.78 is 36.7. The number of benzene rings is 1. The summed E-state index contributed by atoms with van der Waals surface area (Å²) in [5.74, 6) is 0.790. The van der Waals surface area contributed by atoms with Gasteiger partial charge >= 0.3 is 11.5 Å². The van der Waals surface area contributed by atoms with E-state index in [2.05, 4.69) is 31.4 Å². The second-order valence-corrected chi connectivity index (χ2v) is 8.47. The second-order valence-electron chi connectivity index (χ2n) is 5.41. The number of amides is 2. The zero-order valence-electron chi connectivity index (χ0n) is 12.6. The molecule has 124 valence electrons. The average molecular weight is 352 g/mol. The molecule has 0 spiro atoms. The van der Waals surface area contributed by atoms with Crippen molar-refractivity contribution in [2.45, 2.75) is 35.9 Å². The van der Waals surface area contributed by atoms with Crippen molar-refractivity contribution in [3.63, 3.8) is 0 Å². The van der Waals surface area contributed by atoms with Crippen LogP contribution in [0.4, 0.5) is 23.7 Å². The first-order valence-electron chi connectivity index (χ1n) is 6.60. The Bertz CT molecular complexity index is 484. The van der Waals surface area contributed by atoms with Crippen LogP contribution in [0.2, 0.25) is 0 Å². The van der Waals surface area contributed by atoms with E-state index in [0.29, 0.717) is 12.2 Å². The number of hydrogen-bond acceptors (Lipinski definition) is 3. The van der Waals surface area contributed by atoms with Crippen LogP contribution in [0.15, 0.2) is 29.2 Å². The predicted molar refractivity (Wildman–Crippen MR) is 87.6 cm³/mol. The molecule has 0 aliphatic heterocycles. The fourth-order valence-corrected chi connectivity index (χ4v) is 2.79. The molecule has 0 heterocycles. The third-order valence-corrected chi connectivity index (χ3v) is 4.28. The fourth-order valence-electron chi connectivity index (χ4n) is 1.44. The largest absolute Gasteiger partial charge is 0.446 e. The van der Waals surface area contributed by atoms with Gasteiger partial charge in [0.25, 0.3) is 0 Å². The Balaban J connectivity index is 2.36. The van der Waals surface area contributed by atoms with E-state index in [1.54, 1.807) is 11.8 Å². The molecule has 0 bridgehead atoms. The van der Waals surface area contributed by atoms with Gasteiger partial charge in [0.15, 0.2) is 0 Å². The van der Waals surface area contributed by atoms with Gasteiger partial charge in [0, 0.05) is 27.6 Å². The Morgan fingerprint density at radius 3 is 2.23 bits per heavy atom. The molecule has 0 aromatic heterocycles. The smallest absolute Gasteiger partial charge is 0.337 e. The first kappa shape index (κ1) is 19.0. The van der Waals surface area contributed by atoms with Crippen LogP contribution in [0.3, 0.4) is 0 Å². The molecule has 0 saturated heterocycles. The summed E-state index contributed by atoms with van der Waals surface area (Å²) >= 11 is 1.55. The van der Waals surface area contributed by atoms with Crippen LogP contribution in [-0.4, -0.2) is 28.6 Å². The molecule has 8 heteroatoms. The van der Waals surface area contributed by atoms with Gasteiger partial charge in [0.1, 0.15) is 0 Å². The Kier molecular flexibility index (Phi) is 6.93. The molecule has 0 saturated carbocycles. The predicted octanol–water partition coefficient (Wildman–Crippen LogP) is 4.95. The molecule has 1 rings (SSSR count). The number of hydrogen-bond donors (Lipinski definition) is 2. The summed E-state index contributed by atoms with van der Waals surface area (Å²) in [5.41, 5.74) is -3.86. The van der Waals surface area contributed by atoms with Gasteiger partial charge in [-0.3, -0.25) is 0 Å². The highest BCUT2D eigenvalue weighted by atomic mass is 32.2. The Hall–Kier alpha value is -1.02. The van der Waals surface area contributed by atoms with E-state index >= 15 is 0 Å². The van der Waals surface area contributed by atoms with Crippen LogP contribution in [0, 0.1) is 0 Å². The van der Waals surface area contributed by atoms with Crippen LogP contribution in [0.5, 0.6) is 0 Å². The number of alkyl halides is 3. The molecule has 22 heavy (non-hydrogen) atoms. The van der Waals surface area contributed by atoms with Gasteiger partial charge in [-0.1, -0.05) is 20.8 Å². The lowest BCUT2D eigenvalue weighted by molar-refractivity contribution is -0.0328. The van der Waals surface area contributed by atoms with Crippen molar-refractivity contribution in [3.8, 4) is 0 Å². The van der Waals surface area contributed by atoms with E-state index in [0.717, 1.165) is 5.75 Å². The molecule has 2 N–H and O–H groups in total. The van der Waals surface area contributed by atoms with Gasteiger partial charge in [0.05, 0.1) is 0 Å². The lowest BCUT2D eigenvalue weighted by atomic mass is 10.3. The summed E-state index contributed by atoms with van der Waals surface area (Å²) in [6.45, 7) is 6.81. The number of carbonyl (C=O) groups excluding carboxylic acids is 1. The van der Waals surface area contributed by atoms with E-state index in [9.17, 15) is 18.0 Å². The number of carbonyl (C=O) groups is 1. The molecular weight excluding hydrogens is 333 g/mol. The molecule has 0 atom stereocenters. The zero-order chi connectivity index (χ0) is 16.8. The summed E-state index contributed by atoms with van der Waals surface area (Å²) in [7, 11) is 0. The van der Waals surface area contributed by atoms with E-state index in [1.807, 2.05) is 0 Å². The Morgan fingerprint density at radius 1 is 1.14 bits per heavy atom. The van der Waals surface area contributed by atoms with Gasteiger partial charge in [-0.15, -0.1) is 0 Å². The van der Waals surface area contributed by atoms with Crippen molar-refractivity contribution in [1.82, 2.24) is 5.32 Å². The Labute approximate surface area is 136 Å². The standard InChI is InChI=1S/C14H19F3N2OS2/c1-13(2,3)21-9-8-18-12(20)19-10-4-6-11(7-5-10)22-14(15,16)17/h4-7H,8-9H2,1-3H3,(H2,18,19,20). The van der Waals surface area contributed by atoms with Crippen LogP contribution >= 0.6 is 23.5 Å². The summed E-state index contributed by atoms with van der Waals surface area (Å²) in [5, 5.41) is 5.28. The van der Waals surface area contributed by atoms with Gasteiger partial charge < -0.3 is 10.6 Å². The minimum Gasteiger partial charge on any atom is -0.337 e. The van der Waals surface area contributed by atoms with Crippen LogP contribution in [-0.2, 0) is 0 Å². The summed E-state index contributed by atoms with van der Waals surface area (Å²) in [4.78, 5) is 11.7. The maximum absolute atomic E-state index is 12.2. The molecule has 0 radical (unpaired) electrons. The number of urea groups is 1. The van der Waals surface area contributed by atoms with E-state index < -0.39 is 5.51 Å². The third kappa shape index (κ3) is 9.09. The molecule has 0 aliphatic carbocycles. The maximum atomic E-state index is 12.2. The van der Waals surface area contributed by atoms with Crippen molar-refractivity contribution in [2.24, 2.45) is 0 Å². The second kappa shape index (κ2) is 8.01.